The molecule has 1 N–H and O–H groups in total. The van der Waals surface area contributed by atoms with Gasteiger partial charge in [-0.3, -0.25) is 4.90 Å². The van der Waals surface area contributed by atoms with Gasteiger partial charge in [0.25, 0.3) is 0 Å². The highest BCUT2D eigenvalue weighted by molar-refractivity contribution is 5.43. The third-order valence-electron chi connectivity index (χ3n) is 6.12. The number of aryl methyl sites for hydroxylation is 1. The van der Waals surface area contributed by atoms with E-state index in [1.807, 2.05) is 77.5 Å². The molecule has 0 bridgehead atoms. The molecule has 186 valence electrons. The number of para-hydroxylation sites is 2. The van der Waals surface area contributed by atoms with Crippen LogP contribution in [0.25, 0.3) is 5.69 Å². The Labute approximate surface area is 214 Å². The summed E-state index contributed by atoms with van der Waals surface area (Å²) in [4.78, 5) is 2.28. The van der Waals surface area contributed by atoms with E-state index in [1.165, 1.54) is 5.56 Å². The Morgan fingerprint density at radius 3 is 2.22 bits per heavy atom. The normalized spacial score (nSPS) is 12.0. The second kappa shape index (κ2) is 12.9. The van der Waals surface area contributed by atoms with Crippen LogP contribution in [0, 0.1) is 0 Å². The summed E-state index contributed by atoms with van der Waals surface area (Å²) < 4.78 is 8.40. The summed E-state index contributed by atoms with van der Waals surface area (Å²) in [5.41, 5.74) is 4.18. The van der Waals surface area contributed by atoms with Crippen LogP contribution < -0.4 is 4.74 Å². The third kappa shape index (κ3) is 6.72. The molecule has 0 fully saturated rings. The Morgan fingerprint density at radius 2 is 1.58 bits per heavy atom. The molecular formula is C31H35N3O2. The van der Waals surface area contributed by atoms with Gasteiger partial charge in [0.05, 0.1) is 23.0 Å². The quantitative estimate of drug-likeness (QED) is 0.220. The average Bonchev–Trinajstić information content (AvgIpc) is 3.25. The molecule has 4 aromatic rings. The van der Waals surface area contributed by atoms with Gasteiger partial charge in [-0.15, -0.1) is 6.58 Å². The number of nitrogens with zero attached hydrogens (tertiary/aromatic N) is 3. The topological polar surface area (TPSA) is 50.5 Å². The Balaban J connectivity index is 1.72. The van der Waals surface area contributed by atoms with E-state index < -0.39 is 6.10 Å². The maximum Gasteiger partial charge on any atom is 0.227 e. The smallest absolute Gasteiger partial charge is 0.227 e. The maximum absolute atomic E-state index is 10.8. The van der Waals surface area contributed by atoms with Gasteiger partial charge in [-0.1, -0.05) is 79.7 Å². The van der Waals surface area contributed by atoms with E-state index in [2.05, 4.69) is 42.7 Å². The molecule has 36 heavy (non-hydrogen) atoms. The van der Waals surface area contributed by atoms with E-state index in [0.717, 1.165) is 42.1 Å². The summed E-state index contributed by atoms with van der Waals surface area (Å²) in [5.74, 6) is 1.47. The summed E-state index contributed by atoms with van der Waals surface area (Å²) >= 11 is 0. The van der Waals surface area contributed by atoms with Crippen molar-refractivity contribution in [2.45, 2.75) is 45.4 Å². The molecule has 5 nitrogen and oxygen atoms in total. The number of rotatable bonds is 13. The van der Waals surface area contributed by atoms with Gasteiger partial charge >= 0.3 is 0 Å². The summed E-state index contributed by atoms with van der Waals surface area (Å²) in [6.07, 6.45) is 3.66. The summed E-state index contributed by atoms with van der Waals surface area (Å²) in [7, 11) is 0. The molecule has 0 saturated carbocycles. The molecule has 0 amide bonds. The fourth-order valence-corrected chi connectivity index (χ4v) is 4.32. The fraction of sp³-hybridized carbons (Fsp3) is 0.258. The first kappa shape index (κ1) is 25.4. The van der Waals surface area contributed by atoms with Crippen LogP contribution in [-0.2, 0) is 19.5 Å². The molecule has 5 heteroatoms. The number of ether oxygens (including phenoxy) is 1. The molecule has 0 saturated heterocycles. The monoisotopic (exact) mass is 481 g/mol. The van der Waals surface area contributed by atoms with Crippen LogP contribution in [0.3, 0.4) is 0 Å². The minimum Gasteiger partial charge on any atom is -0.439 e. The number of aromatic nitrogens is 2. The molecule has 0 unspecified atom stereocenters. The summed E-state index contributed by atoms with van der Waals surface area (Å²) in [5, 5.41) is 15.8. The first-order valence-corrected chi connectivity index (χ1v) is 12.6. The minimum absolute atomic E-state index is 0.445. The SMILES string of the molecule is C=CCC[C@H](O)CN(Cc1ccccc1)Cc1c(CC)nn(-c2ccccc2)c1Oc1ccccc1. The number of aliphatic hydroxyl groups is 1. The van der Waals surface area contributed by atoms with Gasteiger partial charge in [0, 0.05) is 19.6 Å². The number of allylic oxidation sites excluding steroid dienone is 1. The van der Waals surface area contributed by atoms with Gasteiger partial charge in [0.15, 0.2) is 0 Å². The predicted molar refractivity (Wildman–Crippen MR) is 145 cm³/mol. The molecule has 0 spiro atoms. The molecular weight excluding hydrogens is 446 g/mol. The second-order valence-corrected chi connectivity index (χ2v) is 8.92. The van der Waals surface area contributed by atoms with Crippen molar-refractivity contribution < 1.29 is 9.84 Å². The predicted octanol–water partition coefficient (Wildman–Crippen LogP) is 6.56. The van der Waals surface area contributed by atoms with E-state index >= 15 is 0 Å². The molecule has 0 aliphatic heterocycles. The fourth-order valence-electron chi connectivity index (χ4n) is 4.32. The highest BCUT2D eigenvalue weighted by atomic mass is 16.5. The van der Waals surface area contributed by atoms with E-state index in [-0.39, 0.29) is 0 Å². The lowest BCUT2D eigenvalue weighted by Gasteiger charge is -2.26. The van der Waals surface area contributed by atoms with Crippen LogP contribution in [0.4, 0.5) is 0 Å². The van der Waals surface area contributed by atoms with Crippen LogP contribution in [0.2, 0.25) is 0 Å². The van der Waals surface area contributed by atoms with Gasteiger partial charge in [-0.25, -0.2) is 4.68 Å². The zero-order chi connectivity index (χ0) is 25.2. The van der Waals surface area contributed by atoms with E-state index in [1.54, 1.807) is 0 Å². The lowest BCUT2D eigenvalue weighted by molar-refractivity contribution is 0.0978. The molecule has 0 aliphatic carbocycles. The number of hydrogen-bond donors (Lipinski definition) is 1. The standard InChI is InChI=1S/C31H35N3O2/c1-3-5-19-27(35)23-33(22-25-15-9-6-10-16-25)24-29-30(4-2)32-34(26-17-11-7-12-18-26)31(29)36-28-20-13-8-14-21-28/h3,6-18,20-21,27,35H,1,4-5,19,22-24H2,2H3/t27-/m0/s1. The first-order valence-electron chi connectivity index (χ1n) is 12.6. The second-order valence-electron chi connectivity index (χ2n) is 8.92. The average molecular weight is 482 g/mol. The van der Waals surface area contributed by atoms with Crippen molar-refractivity contribution >= 4 is 0 Å². The van der Waals surface area contributed by atoms with Crippen molar-refractivity contribution in [2.75, 3.05) is 6.54 Å². The van der Waals surface area contributed by atoms with Gasteiger partial charge in [0.2, 0.25) is 5.88 Å². The molecule has 1 heterocycles. The highest BCUT2D eigenvalue weighted by Crippen LogP contribution is 2.32. The van der Waals surface area contributed by atoms with Gasteiger partial charge in [-0.2, -0.15) is 5.10 Å². The van der Waals surface area contributed by atoms with Gasteiger partial charge < -0.3 is 9.84 Å². The molecule has 0 radical (unpaired) electrons. The largest absolute Gasteiger partial charge is 0.439 e. The van der Waals surface area contributed by atoms with Crippen LogP contribution in [0.1, 0.15) is 36.6 Å². The van der Waals surface area contributed by atoms with Crippen LogP contribution >= 0.6 is 0 Å². The number of aliphatic hydroxyl groups excluding tert-OH is 1. The molecule has 1 atom stereocenters. The molecule has 1 aromatic heterocycles. The lowest BCUT2D eigenvalue weighted by Crippen LogP contribution is -2.32. The highest BCUT2D eigenvalue weighted by Gasteiger charge is 2.23. The maximum atomic E-state index is 10.8. The summed E-state index contributed by atoms with van der Waals surface area (Å²) in [6.45, 7) is 7.80. The van der Waals surface area contributed by atoms with Gasteiger partial charge in [-0.05, 0) is 49.1 Å². The van der Waals surface area contributed by atoms with E-state index in [9.17, 15) is 5.11 Å². The molecule has 4 rings (SSSR count). The Bertz CT molecular complexity index is 1210. The van der Waals surface area contributed by atoms with Gasteiger partial charge in [0.1, 0.15) is 5.75 Å². The van der Waals surface area contributed by atoms with Crippen molar-refractivity contribution in [3.05, 3.63) is 120 Å². The van der Waals surface area contributed by atoms with E-state index in [0.29, 0.717) is 25.4 Å². The van der Waals surface area contributed by atoms with Crippen LogP contribution in [0.5, 0.6) is 11.6 Å². The third-order valence-corrected chi connectivity index (χ3v) is 6.12. The Hall–Kier alpha value is -3.67. The van der Waals surface area contributed by atoms with Crippen molar-refractivity contribution in [3.63, 3.8) is 0 Å². The molecule has 0 aliphatic rings. The zero-order valence-electron chi connectivity index (χ0n) is 21.0. The van der Waals surface area contributed by atoms with Crippen molar-refractivity contribution in [1.29, 1.82) is 0 Å². The van der Waals surface area contributed by atoms with E-state index in [4.69, 9.17) is 9.84 Å². The number of benzene rings is 3. The zero-order valence-corrected chi connectivity index (χ0v) is 21.0. The Morgan fingerprint density at radius 1 is 0.944 bits per heavy atom. The number of hydrogen-bond acceptors (Lipinski definition) is 4. The first-order chi connectivity index (χ1) is 17.7. The van der Waals surface area contributed by atoms with Crippen LogP contribution in [0.15, 0.2) is 104 Å². The van der Waals surface area contributed by atoms with Crippen LogP contribution in [-0.4, -0.2) is 32.4 Å². The van der Waals surface area contributed by atoms with Crippen molar-refractivity contribution in [2.24, 2.45) is 0 Å². The van der Waals surface area contributed by atoms with Crippen molar-refractivity contribution in [3.8, 4) is 17.3 Å². The van der Waals surface area contributed by atoms with Crippen molar-refractivity contribution in [1.82, 2.24) is 14.7 Å². The Kier molecular flexibility index (Phi) is 9.09. The lowest BCUT2D eigenvalue weighted by atomic mass is 10.1. The molecule has 3 aromatic carbocycles. The minimum atomic E-state index is -0.445. The summed E-state index contributed by atoms with van der Waals surface area (Å²) in [6, 6.07) is 30.3.